The zero-order valence-corrected chi connectivity index (χ0v) is 11.3. The van der Waals surface area contributed by atoms with E-state index in [1.54, 1.807) is 6.26 Å². The first-order valence-electron chi connectivity index (χ1n) is 6.51. The number of carbonyl (C=O) groups is 2. The zero-order chi connectivity index (χ0) is 14.5. The summed E-state index contributed by atoms with van der Waals surface area (Å²) in [6, 6.07) is 5.84. The Morgan fingerprint density at radius 1 is 1.35 bits per heavy atom. The number of nitrogens with one attached hydrogen (secondary N) is 1. The molecule has 0 bridgehead atoms. The molecule has 0 aliphatic rings. The van der Waals surface area contributed by atoms with Gasteiger partial charge in [-0.2, -0.15) is 0 Å². The van der Waals surface area contributed by atoms with Crippen molar-refractivity contribution in [1.29, 1.82) is 0 Å². The number of amides is 1. The lowest BCUT2D eigenvalue weighted by Gasteiger charge is -2.03. The van der Waals surface area contributed by atoms with Gasteiger partial charge in [0, 0.05) is 23.9 Å². The van der Waals surface area contributed by atoms with Crippen LogP contribution >= 0.6 is 0 Å². The lowest BCUT2D eigenvalue weighted by Crippen LogP contribution is -2.26. The summed E-state index contributed by atoms with van der Waals surface area (Å²) in [5, 5.41) is 12.2. The summed E-state index contributed by atoms with van der Waals surface area (Å²) in [4.78, 5) is 22.1. The Hall–Kier alpha value is -2.30. The van der Waals surface area contributed by atoms with Crippen molar-refractivity contribution in [2.75, 3.05) is 6.54 Å². The van der Waals surface area contributed by atoms with Crippen LogP contribution in [0.5, 0.6) is 0 Å². The molecular weight excluding hydrogens is 258 g/mol. The smallest absolute Gasteiger partial charge is 0.303 e. The van der Waals surface area contributed by atoms with Crippen molar-refractivity contribution in [2.45, 2.75) is 26.2 Å². The first kappa shape index (κ1) is 14.1. The topological polar surface area (TPSA) is 79.5 Å². The number of hydrogen-bond acceptors (Lipinski definition) is 3. The summed E-state index contributed by atoms with van der Waals surface area (Å²) >= 11 is 0. The molecular formula is C15H17NO4. The van der Waals surface area contributed by atoms with Crippen molar-refractivity contribution in [2.24, 2.45) is 0 Å². The van der Waals surface area contributed by atoms with E-state index in [4.69, 9.17) is 9.52 Å². The van der Waals surface area contributed by atoms with E-state index in [1.165, 1.54) is 0 Å². The van der Waals surface area contributed by atoms with Crippen molar-refractivity contribution < 1.29 is 19.1 Å². The van der Waals surface area contributed by atoms with Crippen LogP contribution in [0.4, 0.5) is 0 Å². The molecule has 20 heavy (non-hydrogen) atoms. The Balaban J connectivity index is 1.93. The fourth-order valence-corrected chi connectivity index (χ4v) is 2.04. The molecule has 0 aliphatic heterocycles. The third-order valence-corrected chi connectivity index (χ3v) is 3.05. The summed E-state index contributed by atoms with van der Waals surface area (Å²) in [7, 11) is 0. The van der Waals surface area contributed by atoms with Gasteiger partial charge in [-0.25, -0.2) is 0 Å². The third kappa shape index (κ3) is 3.60. The largest absolute Gasteiger partial charge is 0.481 e. The summed E-state index contributed by atoms with van der Waals surface area (Å²) in [5.74, 6) is -0.977. The van der Waals surface area contributed by atoms with Gasteiger partial charge in [0.05, 0.1) is 12.7 Å². The molecule has 5 heteroatoms. The summed E-state index contributed by atoms with van der Waals surface area (Å²) in [6.07, 6.45) is 2.34. The lowest BCUT2D eigenvalue weighted by molar-refractivity contribution is -0.137. The number of hydrogen-bond donors (Lipinski definition) is 2. The van der Waals surface area contributed by atoms with Gasteiger partial charge >= 0.3 is 5.97 Å². The van der Waals surface area contributed by atoms with Crippen molar-refractivity contribution in [3.63, 3.8) is 0 Å². The fraction of sp³-hybridized carbons (Fsp3) is 0.333. The first-order valence-corrected chi connectivity index (χ1v) is 6.51. The predicted octanol–water partition coefficient (Wildman–Crippen LogP) is 2.26. The van der Waals surface area contributed by atoms with Crippen molar-refractivity contribution in [3.8, 4) is 0 Å². The lowest BCUT2D eigenvalue weighted by atomic mass is 10.1. The molecule has 0 atom stereocenters. The van der Waals surface area contributed by atoms with Crippen molar-refractivity contribution in [3.05, 3.63) is 35.6 Å². The highest BCUT2D eigenvalue weighted by molar-refractivity contribution is 5.88. The Morgan fingerprint density at radius 2 is 2.15 bits per heavy atom. The van der Waals surface area contributed by atoms with Gasteiger partial charge < -0.3 is 14.8 Å². The maximum absolute atomic E-state index is 11.8. The Morgan fingerprint density at radius 3 is 2.90 bits per heavy atom. The monoisotopic (exact) mass is 275 g/mol. The molecule has 2 N–H and O–H groups in total. The van der Waals surface area contributed by atoms with Crippen LogP contribution in [0.25, 0.3) is 11.0 Å². The standard InChI is InChI=1S/C15H17NO4/c1-10-4-5-13-12(7-10)11(9-20-13)8-14(17)16-6-2-3-15(18)19/h4-5,7,9H,2-3,6,8H2,1H3,(H,16,17)(H,18,19). The van der Waals surface area contributed by atoms with E-state index in [-0.39, 0.29) is 18.7 Å². The van der Waals surface area contributed by atoms with E-state index >= 15 is 0 Å². The minimum atomic E-state index is -0.851. The Labute approximate surface area is 116 Å². The average Bonchev–Trinajstić information content (AvgIpc) is 2.77. The number of rotatable bonds is 6. The molecule has 0 radical (unpaired) electrons. The third-order valence-electron chi connectivity index (χ3n) is 3.05. The predicted molar refractivity (Wildman–Crippen MR) is 74.5 cm³/mol. The molecule has 0 fully saturated rings. The van der Waals surface area contributed by atoms with Gasteiger partial charge in [-0.3, -0.25) is 9.59 Å². The Bertz CT molecular complexity index is 630. The number of aliphatic carboxylic acids is 1. The highest BCUT2D eigenvalue weighted by Crippen LogP contribution is 2.22. The summed E-state index contributed by atoms with van der Waals surface area (Å²) in [6.45, 7) is 2.36. The maximum atomic E-state index is 11.8. The second-order valence-corrected chi connectivity index (χ2v) is 4.78. The van der Waals surface area contributed by atoms with Gasteiger partial charge in [0.15, 0.2) is 0 Å². The number of carboxylic acid groups (broad SMARTS) is 1. The maximum Gasteiger partial charge on any atom is 0.303 e. The van der Waals surface area contributed by atoms with E-state index in [0.29, 0.717) is 13.0 Å². The highest BCUT2D eigenvalue weighted by atomic mass is 16.4. The molecule has 1 amide bonds. The molecule has 0 unspecified atom stereocenters. The van der Waals surface area contributed by atoms with E-state index in [9.17, 15) is 9.59 Å². The van der Waals surface area contributed by atoms with Crippen LogP contribution in [-0.4, -0.2) is 23.5 Å². The molecule has 5 nitrogen and oxygen atoms in total. The van der Waals surface area contributed by atoms with Crippen LogP contribution in [0.3, 0.4) is 0 Å². The van der Waals surface area contributed by atoms with E-state index in [0.717, 1.165) is 22.1 Å². The first-order chi connectivity index (χ1) is 9.56. The Kier molecular flexibility index (Phi) is 4.40. The number of carboxylic acids is 1. The van der Waals surface area contributed by atoms with E-state index in [2.05, 4.69) is 5.32 Å². The normalized spacial score (nSPS) is 10.7. The summed E-state index contributed by atoms with van der Waals surface area (Å²) < 4.78 is 5.40. The number of fused-ring (bicyclic) bond motifs is 1. The average molecular weight is 275 g/mol. The van der Waals surface area contributed by atoms with E-state index < -0.39 is 5.97 Å². The SMILES string of the molecule is Cc1ccc2occ(CC(=O)NCCCC(=O)O)c2c1. The van der Waals surface area contributed by atoms with E-state index in [1.807, 2.05) is 25.1 Å². The minimum absolute atomic E-state index is 0.0636. The molecule has 106 valence electrons. The number of aryl methyl sites for hydroxylation is 1. The van der Waals surface area contributed by atoms with Crippen LogP contribution in [0, 0.1) is 6.92 Å². The minimum Gasteiger partial charge on any atom is -0.481 e. The second kappa shape index (κ2) is 6.23. The van der Waals surface area contributed by atoms with Crippen LogP contribution in [0.15, 0.2) is 28.9 Å². The van der Waals surface area contributed by atoms with Crippen LogP contribution in [-0.2, 0) is 16.0 Å². The fourth-order valence-electron chi connectivity index (χ4n) is 2.04. The molecule has 0 saturated carbocycles. The molecule has 2 aromatic rings. The number of carbonyl (C=O) groups excluding carboxylic acids is 1. The molecule has 0 aliphatic carbocycles. The van der Waals surface area contributed by atoms with Gasteiger partial charge in [0.2, 0.25) is 5.91 Å². The van der Waals surface area contributed by atoms with Crippen molar-refractivity contribution >= 4 is 22.8 Å². The van der Waals surface area contributed by atoms with Gasteiger partial charge in [-0.05, 0) is 25.5 Å². The van der Waals surface area contributed by atoms with Crippen molar-refractivity contribution in [1.82, 2.24) is 5.32 Å². The highest BCUT2D eigenvalue weighted by Gasteiger charge is 2.10. The van der Waals surface area contributed by atoms with Crippen LogP contribution in [0.2, 0.25) is 0 Å². The zero-order valence-electron chi connectivity index (χ0n) is 11.3. The summed E-state index contributed by atoms with van der Waals surface area (Å²) in [5.41, 5.74) is 2.73. The molecule has 0 saturated heterocycles. The molecule has 1 heterocycles. The van der Waals surface area contributed by atoms with Crippen LogP contribution in [0.1, 0.15) is 24.0 Å². The van der Waals surface area contributed by atoms with Gasteiger partial charge in [-0.1, -0.05) is 11.6 Å². The second-order valence-electron chi connectivity index (χ2n) is 4.78. The quantitative estimate of drug-likeness (QED) is 0.792. The number of furan rings is 1. The molecule has 0 spiro atoms. The van der Waals surface area contributed by atoms with Crippen LogP contribution < -0.4 is 5.32 Å². The molecule has 1 aromatic carbocycles. The van der Waals surface area contributed by atoms with Gasteiger partial charge in [0.25, 0.3) is 0 Å². The number of benzene rings is 1. The van der Waals surface area contributed by atoms with Gasteiger partial charge in [0.1, 0.15) is 5.58 Å². The molecule has 2 rings (SSSR count). The van der Waals surface area contributed by atoms with Gasteiger partial charge in [-0.15, -0.1) is 0 Å². The molecule has 1 aromatic heterocycles.